The Kier molecular flexibility index (Phi) is 4.40. The van der Waals surface area contributed by atoms with E-state index < -0.39 is 11.9 Å². The number of aliphatic hydroxyl groups excluding tert-OH is 1. The molecule has 0 aliphatic carbocycles. The summed E-state index contributed by atoms with van der Waals surface area (Å²) in [6.07, 6.45) is -1.02. The van der Waals surface area contributed by atoms with Gasteiger partial charge in [0.2, 0.25) is 0 Å². The number of hydrogen-bond acceptors (Lipinski definition) is 2. The standard InChI is InChI=1S/C15H14ClFO2/c1-2-19-13-9-4-3-6-10(13)15(18)11-7-5-8-12(17)14(11)16/h3-9,15,18H,2H2,1H3. The molecule has 2 aromatic rings. The minimum Gasteiger partial charge on any atom is -0.493 e. The zero-order valence-corrected chi connectivity index (χ0v) is 11.2. The van der Waals surface area contributed by atoms with Gasteiger partial charge >= 0.3 is 0 Å². The average Bonchev–Trinajstić information content (AvgIpc) is 2.42. The number of halogens is 2. The summed E-state index contributed by atoms with van der Waals surface area (Å²) in [6.45, 7) is 2.35. The Bertz CT molecular complexity index is 572. The summed E-state index contributed by atoms with van der Waals surface area (Å²) in [6, 6.07) is 11.5. The lowest BCUT2D eigenvalue weighted by Gasteiger charge is -2.17. The lowest BCUT2D eigenvalue weighted by atomic mass is 10.0. The van der Waals surface area contributed by atoms with Crippen molar-refractivity contribution in [2.45, 2.75) is 13.0 Å². The summed E-state index contributed by atoms with van der Waals surface area (Å²) in [5.41, 5.74) is 0.894. The van der Waals surface area contributed by atoms with Gasteiger partial charge in [0.25, 0.3) is 0 Å². The highest BCUT2D eigenvalue weighted by atomic mass is 35.5. The van der Waals surface area contributed by atoms with E-state index in [2.05, 4.69) is 0 Å². The van der Waals surface area contributed by atoms with E-state index in [1.165, 1.54) is 12.1 Å². The highest BCUT2D eigenvalue weighted by Gasteiger charge is 2.19. The van der Waals surface area contributed by atoms with E-state index in [4.69, 9.17) is 16.3 Å². The van der Waals surface area contributed by atoms with E-state index in [0.29, 0.717) is 23.5 Å². The van der Waals surface area contributed by atoms with Gasteiger partial charge in [0.05, 0.1) is 11.6 Å². The molecular weight excluding hydrogens is 267 g/mol. The molecule has 0 aliphatic rings. The number of benzene rings is 2. The van der Waals surface area contributed by atoms with Crippen LogP contribution in [0.4, 0.5) is 4.39 Å². The molecule has 0 amide bonds. The fraction of sp³-hybridized carbons (Fsp3) is 0.200. The molecule has 19 heavy (non-hydrogen) atoms. The first kappa shape index (κ1) is 13.8. The van der Waals surface area contributed by atoms with Crippen molar-refractivity contribution in [3.05, 3.63) is 64.4 Å². The number of ether oxygens (including phenoxy) is 1. The van der Waals surface area contributed by atoms with Crippen molar-refractivity contribution in [2.75, 3.05) is 6.61 Å². The molecule has 2 rings (SSSR count). The maximum absolute atomic E-state index is 13.4. The molecule has 0 bridgehead atoms. The summed E-state index contributed by atoms with van der Waals surface area (Å²) in [7, 11) is 0. The lowest BCUT2D eigenvalue weighted by molar-refractivity contribution is 0.211. The van der Waals surface area contributed by atoms with Crippen molar-refractivity contribution < 1.29 is 14.2 Å². The third-order valence-electron chi connectivity index (χ3n) is 2.79. The third kappa shape index (κ3) is 2.88. The van der Waals surface area contributed by atoms with E-state index in [0.717, 1.165) is 0 Å². The van der Waals surface area contributed by atoms with Crippen LogP contribution < -0.4 is 4.74 Å². The van der Waals surface area contributed by atoms with E-state index >= 15 is 0 Å². The molecule has 1 N–H and O–H groups in total. The van der Waals surface area contributed by atoms with Gasteiger partial charge in [-0.15, -0.1) is 0 Å². The van der Waals surface area contributed by atoms with Crippen LogP contribution in [0.25, 0.3) is 0 Å². The number of aliphatic hydroxyl groups is 1. The molecule has 0 spiro atoms. The quantitative estimate of drug-likeness (QED) is 0.918. The molecule has 1 unspecified atom stereocenters. The molecule has 0 fully saturated rings. The monoisotopic (exact) mass is 280 g/mol. The molecule has 0 aliphatic heterocycles. The summed E-state index contributed by atoms with van der Waals surface area (Å²) >= 11 is 5.89. The van der Waals surface area contributed by atoms with Gasteiger partial charge in [-0.2, -0.15) is 0 Å². The summed E-state index contributed by atoms with van der Waals surface area (Å²) in [5.74, 6) is 0.0185. The van der Waals surface area contributed by atoms with Gasteiger partial charge in [0, 0.05) is 11.1 Å². The smallest absolute Gasteiger partial charge is 0.142 e. The van der Waals surface area contributed by atoms with Crippen LogP contribution in [0.3, 0.4) is 0 Å². The first-order valence-corrected chi connectivity index (χ1v) is 6.36. The second-order valence-electron chi connectivity index (χ2n) is 4.02. The minimum absolute atomic E-state index is 0.0682. The molecular formula is C15H14ClFO2. The summed E-state index contributed by atoms with van der Waals surface area (Å²) in [5, 5.41) is 10.3. The van der Waals surface area contributed by atoms with Crippen LogP contribution in [-0.2, 0) is 0 Å². The van der Waals surface area contributed by atoms with Crippen molar-refractivity contribution in [3.8, 4) is 5.75 Å². The topological polar surface area (TPSA) is 29.5 Å². The predicted octanol–water partition coefficient (Wildman–Crippen LogP) is 3.96. The molecule has 4 heteroatoms. The zero-order valence-electron chi connectivity index (χ0n) is 10.4. The Morgan fingerprint density at radius 2 is 1.84 bits per heavy atom. The third-order valence-corrected chi connectivity index (χ3v) is 3.19. The van der Waals surface area contributed by atoms with Crippen LogP contribution in [0.2, 0.25) is 5.02 Å². The molecule has 1 atom stereocenters. The fourth-order valence-corrected chi connectivity index (χ4v) is 2.12. The molecule has 0 radical (unpaired) electrons. The zero-order chi connectivity index (χ0) is 13.8. The normalized spacial score (nSPS) is 12.2. The molecule has 0 saturated heterocycles. The number of hydrogen-bond donors (Lipinski definition) is 1. The molecule has 2 aromatic carbocycles. The van der Waals surface area contributed by atoms with Crippen LogP contribution in [0.15, 0.2) is 42.5 Å². The van der Waals surface area contributed by atoms with E-state index in [-0.39, 0.29) is 5.02 Å². The van der Waals surface area contributed by atoms with Gasteiger partial charge in [-0.3, -0.25) is 0 Å². The molecule has 0 aromatic heterocycles. The van der Waals surface area contributed by atoms with Crippen molar-refractivity contribution in [1.82, 2.24) is 0 Å². The van der Waals surface area contributed by atoms with E-state index in [1.807, 2.05) is 13.0 Å². The molecule has 0 saturated carbocycles. The van der Waals surface area contributed by atoms with Crippen LogP contribution >= 0.6 is 11.6 Å². The number of para-hydroxylation sites is 1. The highest BCUT2D eigenvalue weighted by molar-refractivity contribution is 6.31. The summed E-state index contributed by atoms with van der Waals surface area (Å²) in [4.78, 5) is 0. The fourth-order valence-electron chi connectivity index (χ4n) is 1.89. The minimum atomic E-state index is -1.02. The van der Waals surface area contributed by atoms with Gasteiger partial charge in [0.1, 0.15) is 17.7 Å². The van der Waals surface area contributed by atoms with Crippen molar-refractivity contribution >= 4 is 11.6 Å². The SMILES string of the molecule is CCOc1ccccc1C(O)c1cccc(F)c1Cl. The molecule has 100 valence electrons. The van der Waals surface area contributed by atoms with Crippen LogP contribution in [0, 0.1) is 5.82 Å². The van der Waals surface area contributed by atoms with E-state index in [1.54, 1.807) is 24.3 Å². The van der Waals surface area contributed by atoms with E-state index in [9.17, 15) is 9.50 Å². The highest BCUT2D eigenvalue weighted by Crippen LogP contribution is 2.34. The second kappa shape index (κ2) is 6.04. The first-order chi connectivity index (χ1) is 9.15. The van der Waals surface area contributed by atoms with Crippen LogP contribution in [0.5, 0.6) is 5.75 Å². The number of rotatable bonds is 4. The largest absolute Gasteiger partial charge is 0.493 e. The van der Waals surface area contributed by atoms with Gasteiger partial charge in [0.15, 0.2) is 0 Å². The first-order valence-electron chi connectivity index (χ1n) is 5.98. The average molecular weight is 281 g/mol. The van der Waals surface area contributed by atoms with Crippen LogP contribution in [-0.4, -0.2) is 11.7 Å². The Morgan fingerprint density at radius 1 is 1.16 bits per heavy atom. The van der Waals surface area contributed by atoms with Crippen molar-refractivity contribution in [1.29, 1.82) is 0 Å². The maximum Gasteiger partial charge on any atom is 0.142 e. The maximum atomic E-state index is 13.4. The molecule has 2 nitrogen and oxygen atoms in total. The summed E-state index contributed by atoms with van der Waals surface area (Å²) < 4.78 is 18.9. The van der Waals surface area contributed by atoms with Gasteiger partial charge in [-0.1, -0.05) is 41.9 Å². The predicted molar refractivity (Wildman–Crippen MR) is 73.1 cm³/mol. The lowest BCUT2D eigenvalue weighted by Crippen LogP contribution is -2.05. The Morgan fingerprint density at radius 3 is 2.58 bits per heavy atom. The van der Waals surface area contributed by atoms with Crippen LogP contribution in [0.1, 0.15) is 24.2 Å². The van der Waals surface area contributed by atoms with Crippen molar-refractivity contribution in [3.63, 3.8) is 0 Å². The van der Waals surface area contributed by atoms with Crippen molar-refractivity contribution in [2.24, 2.45) is 0 Å². The Labute approximate surface area is 116 Å². The van der Waals surface area contributed by atoms with Gasteiger partial charge in [-0.25, -0.2) is 4.39 Å². The second-order valence-corrected chi connectivity index (χ2v) is 4.39. The Balaban J connectivity index is 2.44. The van der Waals surface area contributed by atoms with Gasteiger partial charge < -0.3 is 9.84 Å². The Hall–Kier alpha value is -1.58. The molecule has 0 heterocycles. The van der Waals surface area contributed by atoms with Gasteiger partial charge in [-0.05, 0) is 19.1 Å².